The molecule has 0 aromatic carbocycles. The van der Waals surface area contributed by atoms with Gasteiger partial charge in [0, 0.05) is 12.6 Å². The number of allylic oxidation sites excluding steroid dienone is 1. The van der Waals surface area contributed by atoms with E-state index in [2.05, 4.69) is 9.97 Å². The van der Waals surface area contributed by atoms with Crippen molar-refractivity contribution in [1.29, 1.82) is 0 Å². The molecule has 3 N–H and O–H groups in total. The third kappa shape index (κ3) is 3.56. The molecule has 0 bridgehead atoms. The molecule has 0 saturated heterocycles. The minimum absolute atomic E-state index is 0.0175. The van der Waals surface area contributed by atoms with Gasteiger partial charge in [-0.25, -0.2) is 4.79 Å². The van der Waals surface area contributed by atoms with Crippen molar-refractivity contribution in [2.24, 2.45) is 0 Å². The van der Waals surface area contributed by atoms with Gasteiger partial charge >= 0.3 is 11.7 Å². The smallest absolute Gasteiger partial charge is 0.325 e. The molecule has 1 heterocycles. The fourth-order valence-electron chi connectivity index (χ4n) is 1.17. The van der Waals surface area contributed by atoms with Crippen LogP contribution in [0.4, 0.5) is 0 Å². The van der Waals surface area contributed by atoms with Crippen molar-refractivity contribution < 1.29 is 9.90 Å². The molecule has 0 amide bonds. The monoisotopic (exact) mass is 224 g/mol. The van der Waals surface area contributed by atoms with Crippen molar-refractivity contribution in [3.05, 3.63) is 38.2 Å². The van der Waals surface area contributed by atoms with Crippen LogP contribution < -0.4 is 11.2 Å². The van der Waals surface area contributed by atoms with Crippen LogP contribution in [-0.2, 0) is 4.79 Å². The Morgan fingerprint density at radius 2 is 2.12 bits per heavy atom. The predicted molar refractivity (Wildman–Crippen MR) is 58.2 cm³/mol. The SMILES string of the molecule is C/C(=C\c1c[nH]c(=O)[nH]c1=O)CCC(=O)O. The minimum atomic E-state index is -0.886. The van der Waals surface area contributed by atoms with Gasteiger partial charge in [-0.1, -0.05) is 5.57 Å². The number of hydrogen-bond acceptors (Lipinski definition) is 3. The highest BCUT2D eigenvalue weighted by Crippen LogP contribution is 2.07. The molecule has 0 saturated carbocycles. The number of rotatable bonds is 4. The zero-order valence-electron chi connectivity index (χ0n) is 8.74. The summed E-state index contributed by atoms with van der Waals surface area (Å²) in [6.45, 7) is 1.73. The summed E-state index contributed by atoms with van der Waals surface area (Å²) >= 11 is 0. The van der Waals surface area contributed by atoms with Crippen molar-refractivity contribution >= 4 is 12.0 Å². The highest BCUT2D eigenvalue weighted by Gasteiger charge is 2.00. The van der Waals surface area contributed by atoms with Gasteiger partial charge < -0.3 is 10.1 Å². The lowest BCUT2D eigenvalue weighted by molar-refractivity contribution is -0.136. The van der Waals surface area contributed by atoms with Gasteiger partial charge in [0.2, 0.25) is 0 Å². The first kappa shape index (κ1) is 12.0. The standard InChI is InChI=1S/C10H12N2O4/c1-6(2-3-8(13)14)4-7-5-11-10(16)12-9(7)15/h4-5H,2-3H2,1H3,(H,13,14)(H2,11,12,15,16)/b6-4+. The summed E-state index contributed by atoms with van der Waals surface area (Å²) in [7, 11) is 0. The summed E-state index contributed by atoms with van der Waals surface area (Å²) in [5.74, 6) is -0.886. The normalized spacial score (nSPS) is 11.4. The summed E-state index contributed by atoms with van der Waals surface area (Å²) in [5, 5.41) is 8.48. The van der Waals surface area contributed by atoms with Crippen LogP contribution >= 0.6 is 0 Å². The number of aromatic nitrogens is 2. The van der Waals surface area contributed by atoms with Crippen molar-refractivity contribution in [1.82, 2.24) is 9.97 Å². The van der Waals surface area contributed by atoms with Crippen LogP contribution in [0.5, 0.6) is 0 Å². The molecule has 1 aromatic heterocycles. The molecule has 6 heteroatoms. The maximum atomic E-state index is 11.3. The van der Waals surface area contributed by atoms with E-state index >= 15 is 0 Å². The number of H-pyrrole nitrogens is 2. The average molecular weight is 224 g/mol. The van der Waals surface area contributed by atoms with Crippen LogP contribution in [0.15, 0.2) is 21.4 Å². The molecule has 0 spiro atoms. The van der Waals surface area contributed by atoms with Gasteiger partial charge in [0.15, 0.2) is 0 Å². The minimum Gasteiger partial charge on any atom is -0.481 e. The highest BCUT2D eigenvalue weighted by atomic mass is 16.4. The molecule has 0 atom stereocenters. The molecule has 1 aromatic rings. The van der Waals surface area contributed by atoms with Crippen LogP contribution in [0.3, 0.4) is 0 Å². The molecule has 1 rings (SSSR count). The van der Waals surface area contributed by atoms with Crippen molar-refractivity contribution in [3.8, 4) is 0 Å². The first-order chi connectivity index (χ1) is 7.49. The van der Waals surface area contributed by atoms with E-state index in [-0.39, 0.29) is 6.42 Å². The maximum Gasteiger partial charge on any atom is 0.325 e. The second-order valence-corrected chi connectivity index (χ2v) is 3.41. The van der Waals surface area contributed by atoms with E-state index in [4.69, 9.17) is 5.11 Å². The van der Waals surface area contributed by atoms with E-state index < -0.39 is 17.2 Å². The zero-order valence-corrected chi connectivity index (χ0v) is 8.74. The third-order valence-corrected chi connectivity index (χ3v) is 1.98. The Bertz CT molecular complexity index is 524. The molecule has 0 radical (unpaired) electrons. The summed E-state index contributed by atoms with van der Waals surface area (Å²) in [6, 6.07) is 0. The Labute approximate surface area is 90.6 Å². The first-order valence-corrected chi connectivity index (χ1v) is 4.70. The van der Waals surface area contributed by atoms with Crippen molar-refractivity contribution in [3.63, 3.8) is 0 Å². The molecular weight excluding hydrogens is 212 g/mol. The fourth-order valence-corrected chi connectivity index (χ4v) is 1.17. The van der Waals surface area contributed by atoms with E-state index in [0.717, 1.165) is 5.57 Å². The van der Waals surface area contributed by atoms with Crippen LogP contribution in [0.2, 0.25) is 0 Å². The second-order valence-electron chi connectivity index (χ2n) is 3.41. The van der Waals surface area contributed by atoms with Gasteiger partial charge in [-0.3, -0.25) is 14.6 Å². The van der Waals surface area contributed by atoms with Crippen LogP contribution in [-0.4, -0.2) is 21.0 Å². The number of nitrogens with one attached hydrogen (secondary N) is 2. The van der Waals surface area contributed by atoms with Gasteiger partial charge in [0.05, 0.1) is 5.56 Å². The van der Waals surface area contributed by atoms with Gasteiger partial charge in [-0.15, -0.1) is 0 Å². The number of carboxylic acids is 1. The van der Waals surface area contributed by atoms with Gasteiger partial charge in [0.1, 0.15) is 0 Å². The van der Waals surface area contributed by atoms with Crippen molar-refractivity contribution in [2.75, 3.05) is 0 Å². The number of carboxylic acid groups (broad SMARTS) is 1. The Morgan fingerprint density at radius 3 is 2.69 bits per heavy atom. The Morgan fingerprint density at radius 1 is 1.44 bits per heavy atom. The molecule has 0 unspecified atom stereocenters. The van der Waals surface area contributed by atoms with Crippen LogP contribution in [0, 0.1) is 0 Å². The Balaban J connectivity index is 2.86. The van der Waals surface area contributed by atoms with E-state index in [0.29, 0.717) is 12.0 Å². The van der Waals surface area contributed by atoms with E-state index in [9.17, 15) is 14.4 Å². The summed E-state index contributed by atoms with van der Waals surface area (Å²) in [5.41, 5.74) is 0.0196. The predicted octanol–water partition coefficient (Wildman–Crippen LogP) is 0.331. The quantitative estimate of drug-likeness (QED) is 0.685. The van der Waals surface area contributed by atoms with E-state index in [1.807, 2.05) is 0 Å². The van der Waals surface area contributed by atoms with E-state index in [1.54, 1.807) is 13.0 Å². The lowest BCUT2D eigenvalue weighted by Gasteiger charge is -1.97. The molecule has 0 aliphatic heterocycles. The summed E-state index contributed by atoms with van der Waals surface area (Å²) < 4.78 is 0. The molecule has 0 fully saturated rings. The summed E-state index contributed by atoms with van der Waals surface area (Å²) in [6.07, 6.45) is 3.24. The van der Waals surface area contributed by atoms with Crippen molar-refractivity contribution in [2.45, 2.75) is 19.8 Å². The third-order valence-electron chi connectivity index (χ3n) is 1.98. The van der Waals surface area contributed by atoms with Gasteiger partial charge in [0.25, 0.3) is 5.56 Å². The van der Waals surface area contributed by atoms with Gasteiger partial charge in [-0.2, -0.15) is 0 Å². The van der Waals surface area contributed by atoms with Crippen LogP contribution in [0.1, 0.15) is 25.3 Å². The molecule has 0 aliphatic carbocycles. The number of aromatic amines is 2. The molecule has 16 heavy (non-hydrogen) atoms. The average Bonchev–Trinajstić information content (AvgIpc) is 2.19. The maximum absolute atomic E-state index is 11.3. The largest absolute Gasteiger partial charge is 0.481 e. The first-order valence-electron chi connectivity index (χ1n) is 4.70. The second kappa shape index (κ2) is 5.11. The lowest BCUT2D eigenvalue weighted by Crippen LogP contribution is -2.22. The zero-order chi connectivity index (χ0) is 12.1. The molecule has 86 valence electrons. The van der Waals surface area contributed by atoms with Gasteiger partial charge in [-0.05, 0) is 19.4 Å². The lowest BCUT2D eigenvalue weighted by atomic mass is 10.1. The Kier molecular flexibility index (Phi) is 3.82. The van der Waals surface area contributed by atoms with E-state index in [1.165, 1.54) is 6.20 Å². The number of hydrogen-bond donors (Lipinski definition) is 3. The number of aliphatic carboxylic acids is 1. The topological polar surface area (TPSA) is 103 Å². The highest BCUT2D eigenvalue weighted by molar-refractivity contribution is 5.67. The molecule has 0 aliphatic rings. The fraction of sp³-hybridized carbons (Fsp3) is 0.300. The Hall–Kier alpha value is -2.11. The summed E-state index contributed by atoms with van der Waals surface area (Å²) in [4.78, 5) is 36.8. The van der Waals surface area contributed by atoms with Crippen LogP contribution in [0.25, 0.3) is 6.08 Å². The number of carbonyl (C=O) groups is 1. The molecular formula is C10H12N2O4. The molecule has 6 nitrogen and oxygen atoms in total.